The Morgan fingerprint density at radius 3 is 2.90 bits per heavy atom. The molecule has 3 nitrogen and oxygen atoms in total. The molecule has 2 rings (SSSR count). The molecule has 1 heterocycles. The number of halogens is 2. The minimum Gasteiger partial charge on any atom is -0.384 e. The minimum atomic E-state index is -0.506. The minimum absolute atomic E-state index is 0.159. The SMILES string of the molecule is O=C(NCc1cc(Br)cs1)c1cc(F)ccc1C#CCO. The van der Waals surface area contributed by atoms with E-state index in [0.717, 1.165) is 15.4 Å². The number of hydrogen-bond acceptors (Lipinski definition) is 3. The molecule has 0 spiro atoms. The first-order valence-electron chi connectivity index (χ1n) is 6.00. The second kappa shape index (κ2) is 7.36. The van der Waals surface area contributed by atoms with Gasteiger partial charge in [-0.3, -0.25) is 4.79 Å². The lowest BCUT2D eigenvalue weighted by molar-refractivity contribution is 0.0950. The standard InChI is InChI=1S/C15H11BrFNO2S/c16-11-6-13(21-9-11)8-18-15(20)14-7-12(17)4-3-10(14)2-1-5-19/h3-4,6-7,9,19H,5,8H2,(H,18,20). The number of hydrogen-bond donors (Lipinski definition) is 2. The van der Waals surface area contributed by atoms with Gasteiger partial charge in [0.1, 0.15) is 12.4 Å². The Balaban J connectivity index is 2.15. The summed E-state index contributed by atoms with van der Waals surface area (Å²) in [5.41, 5.74) is 0.543. The van der Waals surface area contributed by atoms with Crippen LogP contribution in [0.1, 0.15) is 20.8 Å². The number of carbonyl (C=O) groups is 1. The van der Waals surface area contributed by atoms with Crippen molar-refractivity contribution in [1.82, 2.24) is 5.32 Å². The van der Waals surface area contributed by atoms with Crippen molar-refractivity contribution in [3.05, 3.63) is 55.9 Å². The quantitative estimate of drug-likeness (QED) is 0.819. The molecule has 0 aliphatic carbocycles. The Hall–Kier alpha value is -1.68. The van der Waals surface area contributed by atoms with Crippen LogP contribution in [0.5, 0.6) is 0 Å². The highest BCUT2D eigenvalue weighted by Gasteiger charge is 2.11. The molecule has 0 bridgehead atoms. The van der Waals surface area contributed by atoms with E-state index >= 15 is 0 Å². The van der Waals surface area contributed by atoms with E-state index in [2.05, 4.69) is 33.1 Å². The second-order valence-electron chi connectivity index (χ2n) is 4.06. The highest BCUT2D eigenvalue weighted by atomic mass is 79.9. The largest absolute Gasteiger partial charge is 0.384 e. The molecule has 0 atom stereocenters. The predicted molar refractivity (Wildman–Crippen MR) is 83.6 cm³/mol. The summed E-state index contributed by atoms with van der Waals surface area (Å²) in [7, 11) is 0. The second-order valence-corrected chi connectivity index (χ2v) is 5.98. The van der Waals surface area contributed by atoms with Crippen LogP contribution < -0.4 is 5.32 Å². The molecule has 2 aromatic rings. The average Bonchev–Trinajstić information content (AvgIpc) is 2.89. The third-order valence-corrected chi connectivity index (χ3v) is 4.27. The molecule has 21 heavy (non-hydrogen) atoms. The van der Waals surface area contributed by atoms with Crippen molar-refractivity contribution in [2.45, 2.75) is 6.54 Å². The maximum absolute atomic E-state index is 13.3. The molecule has 1 aromatic carbocycles. The molecule has 108 valence electrons. The molecule has 0 radical (unpaired) electrons. The number of aliphatic hydroxyl groups is 1. The molecule has 1 amide bonds. The van der Waals surface area contributed by atoms with Gasteiger partial charge in [-0.25, -0.2) is 4.39 Å². The smallest absolute Gasteiger partial charge is 0.252 e. The van der Waals surface area contributed by atoms with Crippen LogP contribution in [0.15, 0.2) is 34.1 Å². The van der Waals surface area contributed by atoms with Crippen LogP contribution in [0.2, 0.25) is 0 Å². The predicted octanol–water partition coefficient (Wildman–Crippen LogP) is 2.92. The average molecular weight is 368 g/mol. The van der Waals surface area contributed by atoms with E-state index in [-0.39, 0.29) is 12.2 Å². The van der Waals surface area contributed by atoms with E-state index in [4.69, 9.17) is 5.11 Å². The maximum atomic E-state index is 13.3. The molecular weight excluding hydrogens is 357 g/mol. The number of carbonyl (C=O) groups excluding carboxylic acids is 1. The van der Waals surface area contributed by atoms with Gasteiger partial charge in [0.2, 0.25) is 0 Å². The number of benzene rings is 1. The van der Waals surface area contributed by atoms with Gasteiger partial charge in [-0.05, 0) is 40.2 Å². The van der Waals surface area contributed by atoms with E-state index < -0.39 is 11.7 Å². The molecule has 0 aliphatic rings. The summed E-state index contributed by atoms with van der Waals surface area (Å²) in [6, 6.07) is 5.70. The van der Waals surface area contributed by atoms with Crippen LogP contribution >= 0.6 is 27.3 Å². The van der Waals surface area contributed by atoms with E-state index in [9.17, 15) is 9.18 Å². The molecule has 1 aromatic heterocycles. The molecule has 6 heteroatoms. The maximum Gasteiger partial charge on any atom is 0.252 e. The number of aliphatic hydroxyl groups excluding tert-OH is 1. The fraction of sp³-hybridized carbons (Fsp3) is 0.133. The number of rotatable bonds is 3. The summed E-state index contributed by atoms with van der Waals surface area (Å²) in [5.74, 6) is 4.19. The van der Waals surface area contributed by atoms with Crippen molar-refractivity contribution in [1.29, 1.82) is 0 Å². The lowest BCUT2D eigenvalue weighted by atomic mass is 10.1. The lowest BCUT2D eigenvalue weighted by Crippen LogP contribution is -2.23. The molecular formula is C15H11BrFNO2S. The molecule has 0 fully saturated rings. The van der Waals surface area contributed by atoms with Gasteiger partial charge in [0.05, 0.1) is 12.1 Å². The van der Waals surface area contributed by atoms with Gasteiger partial charge in [0.25, 0.3) is 5.91 Å². The van der Waals surface area contributed by atoms with Crippen LogP contribution in [0, 0.1) is 17.7 Å². The van der Waals surface area contributed by atoms with Crippen molar-refractivity contribution >= 4 is 33.2 Å². The van der Waals surface area contributed by atoms with Crippen LogP contribution in [0.3, 0.4) is 0 Å². The Labute approximate surface area is 133 Å². The topological polar surface area (TPSA) is 49.3 Å². The van der Waals surface area contributed by atoms with E-state index in [1.807, 2.05) is 11.4 Å². The van der Waals surface area contributed by atoms with Crippen molar-refractivity contribution in [2.24, 2.45) is 0 Å². The highest BCUT2D eigenvalue weighted by molar-refractivity contribution is 9.10. The van der Waals surface area contributed by atoms with Gasteiger partial charge < -0.3 is 10.4 Å². The third-order valence-electron chi connectivity index (χ3n) is 2.57. The van der Waals surface area contributed by atoms with Gasteiger partial charge in [-0.2, -0.15) is 0 Å². The monoisotopic (exact) mass is 367 g/mol. The van der Waals surface area contributed by atoms with E-state index in [1.54, 1.807) is 0 Å². The summed E-state index contributed by atoms with van der Waals surface area (Å²) < 4.78 is 14.3. The Bertz CT molecular complexity index is 718. The summed E-state index contributed by atoms with van der Waals surface area (Å²) >= 11 is 4.85. The van der Waals surface area contributed by atoms with Crippen molar-refractivity contribution in [3.63, 3.8) is 0 Å². The molecule has 0 saturated heterocycles. The zero-order valence-corrected chi connectivity index (χ0v) is 13.2. The van der Waals surface area contributed by atoms with Crippen molar-refractivity contribution in [3.8, 4) is 11.8 Å². The highest BCUT2D eigenvalue weighted by Crippen LogP contribution is 2.19. The summed E-state index contributed by atoms with van der Waals surface area (Å²) in [4.78, 5) is 13.1. The van der Waals surface area contributed by atoms with Crippen LogP contribution in [0.25, 0.3) is 0 Å². The fourth-order valence-corrected chi connectivity index (χ4v) is 3.05. The fourth-order valence-electron chi connectivity index (χ4n) is 1.66. The number of amides is 1. The Morgan fingerprint density at radius 2 is 2.24 bits per heavy atom. The van der Waals surface area contributed by atoms with Crippen molar-refractivity contribution in [2.75, 3.05) is 6.61 Å². The Morgan fingerprint density at radius 1 is 1.43 bits per heavy atom. The van der Waals surface area contributed by atoms with Crippen molar-refractivity contribution < 1.29 is 14.3 Å². The number of thiophene rings is 1. The van der Waals surface area contributed by atoms with Gasteiger partial charge in [0.15, 0.2) is 0 Å². The Kier molecular flexibility index (Phi) is 5.51. The normalized spacial score (nSPS) is 9.86. The summed E-state index contributed by atoms with van der Waals surface area (Å²) in [5, 5.41) is 13.4. The van der Waals surface area contributed by atoms with E-state index in [0.29, 0.717) is 12.1 Å². The zero-order chi connectivity index (χ0) is 15.2. The van der Waals surface area contributed by atoms with Gasteiger partial charge in [-0.1, -0.05) is 11.8 Å². The van der Waals surface area contributed by atoms with Gasteiger partial charge >= 0.3 is 0 Å². The first-order chi connectivity index (χ1) is 10.1. The van der Waals surface area contributed by atoms with Gasteiger partial charge in [0, 0.05) is 20.3 Å². The van der Waals surface area contributed by atoms with Gasteiger partial charge in [-0.15, -0.1) is 11.3 Å². The number of nitrogens with one attached hydrogen (secondary N) is 1. The van der Waals surface area contributed by atoms with Crippen LogP contribution in [-0.2, 0) is 6.54 Å². The zero-order valence-electron chi connectivity index (χ0n) is 10.8. The van der Waals surface area contributed by atoms with Crippen LogP contribution in [-0.4, -0.2) is 17.6 Å². The summed E-state index contributed by atoms with van der Waals surface area (Å²) in [6.45, 7) is 0.0418. The molecule has 2 N–H and O–H groups in total. The van der Waals surface area contributed by atoms with E-state index in [1.165, 1.54) is 23.5 Å². The molecule has 0 aliphatic heterocycles. The first-order valence-corrected chi connectivity index (χ1v) is 7.68. The van der Waals surface area contributed by atoms with Crippen LogP contribution in [0.4, 0.5) is 4.39 Å². The summed E-state index contributed by atoms with van der Waals surface area (Å²) in [6.07, 6.45) is 0. The lowest BCUT2D eigenvalue weighted by Gasteiger charge is -2.06. The molecule has 0 saturated carbocycles. The molecule has 0 unspecified atom stereocenters. The first kappa shape index (κ1) is 15.7. The third kappa shape index (κ3) is 4.39.